The third-order valence-corrected chi connectivity index (χ3v) is 4.75. The molecule has 94 valence electrons. The first-order chi connectivity index (χ1) is 8.35. The summed E-state index contributed by atoms with van der Waals surface area (Å²) in [5.74, 6) is 0. The fourth-order valence-corrected chi connectivity index (χ4v) is 3.82. The smallest absolute Gasteiger partial charge is 0.0449 e. The molecule has 2 rings (SSSR count). The molecule has 1 aliphatic rings. The summed E-state index contributed by atoms with van der Waals surface area (Å²) in [6.45, 7) is 7.20. The van der Waals surface area contributed by atoms with Crippen molar-refractivity contribution in [1.29, 1.82) is 0 Å². The van der Waals surface area contributed by atoms with Crippen molar-refractivity contribution < 1.29 is 0 Å². The van der Waals surface area contributed by atoms with Gasteiger partial charge in [-0.05, 0) is 56.7 Å². The molecule has 1 aromatic heterocycles. The molecular formula is C15H23NS. The van der Waals surface area contributed by atoms with Crippen LogP contribution >= 0.6 is 11.3 Å². The molecule has 0 aromatic carbocycles. The van der Waals surface area contributed by atoms with Gasteiger partial charge in [0.25, 0.3) is 0 Å². The van der Waals surface area contributed by atoms with Gasteiger partial charge in [-0.15, -0.1) is 17.9 Å². The monoisotopic (exact) mass is 249 g/mol. The summed E-state index contributed by atoms with van der Waals surface area (Å²) >= 11 is 2.02. The molecule has 1 nitrogen and oxygen atoms in total. The Morgan fingerprint density at radius 3 is 3.00 bits per heavy atom. The average molecular weight is 249 g/mol. The summed E-state index contributed by atoms with van der Waals surface area (Å²) in [6.07, 6.45) is 9.61. The van der Waals surface area contributed by atoms with E-state index in [0.717, 1.165) is 13.0 Å². The fraction of sp³-hybridized carbons (Fsp3) is 0.600. The number of hydrogen-bond acceptors (Lipinski definition) is 2. The predicted molar refractivity (Wildman–Crippen MR) is 76.8 cm³/mol. The van der Waals surface area contributed by atoms with E-state index in [1.54, 1.807) is 10.4 Å². The third kappa shape index (κ3) is 3.20. The van der Waals surface area contributed by atoms with Crippen molar-refractivity contribution in [3.8, 4) is 0 Å². The van der Waals surface area contributed by atoms with Gasteiger partial charge in [-0.25, -0.2) is 0 Å². The number of nitrogens with one attached hydrogen (secondary N) is 1. The van der Waals surface area contributed by atoms with Crippen LogP contribution in [-0.2, 0) is 12.8 Å². The topological polar surface area (TPSA) is 12.0 Å². The molecule has 1 N–H and O–H groups in total. The van der Waals surface area contributed by atoms with Crippen molar-refractivity contribution >= 4 is 11.3 Å². The van der Waals surface area contributed by atoms with E-state index in [1.807, 2.05) is 17.4 Å². The molecule has 1 aromatic rings. The van der Waals surface area contributed by atoms with Crippen LogP contribution in [0.1, 0.15) is 54.0 Å². The SMILES string of the molecule is C=CCC(NCCC)c1cc2c(s1)CCCC2. The highest BCUT2D eigenvalue weighted by Crippen LogP contribution is 2.34. The van der Waals surface area contributed by atoms with Crippen LogP contribution in [0.2, 0.25) is 0 Å². The summed E-state index contributed by atoms with van der Waals surface area (Å²) in [7, 11) is 0. The largest absolute Gasteiger partial charge is 0.309 e. The number of rotatable bonds is 6. The van der Waals surface area contributed by atoms with Crippen molar-refractivity contribution in [1.82, 2.24) is 5.32 Å². The van der Waals surface area contributed by atoms with E-state index in [9.17, 15) is 0 Å². The van der Waals surface area contributed by atoms with Gasteiger partial charge in [0.15, 0.2) is 0 Å². The fourth-order valence-electron chi connectivity index (χ4n) is 2.47. The molecule has 0 bridgehead atoms. The van der Waals surface area contributed by atoms with Gasteiger partial charge >= 0.3 is 0 Å². The maximum absolute atomic E-state index is 3.88. The first-order valence-electron chi connectivity index (χ1n) is 6.81. The van der Waals surface area contributed by atoms with Crippen LogP contribution in [0.4, 0.5) is 0 Å². The zero-order valence-electron chi connectivity index (χ0n) is 10.8. The maximum atomic E-state index is 3.88. The number of hydrogen-bond donors (Lipinski definition) is 1. The lowest BCUT2D eigenvalue weighted by Gasteiger charge is -2.14. The highest BCUT2D eigenvalue weighted by Gasteiger charge is 2.17. The van der Waals surface area contributed by atoms with Gasteiger partial charge in [0, 0.05) is 15.8 Å². The van der Waals surface area contributed by atoms with E-state index in [2.05, 4.69) is 24.9 Å². The minimum absolute atomic E-state index is 0.489. The van der Waals surface area contributed by atoms with Gasteiger partial charge in [0.2, 0.25) is 0 Å². The highest BCUT2D eigenvalue weighted by atomic mass is 32.1. The van der Waals surface area contributed by atoms with Gasteiger partial charge in [-0.2, -0.15) is 0 Å². The quantitative estimate of drug-likeness (QED) is 0.743. The van der Waals surface area contributed by atoms with Gasteiger partial charge in [-0.1, -0.05) is 13.0 Å². The second-order valence-electron chi connectivity index (χ2n) is 4.84. The van der Waals surface area contributed by atoms with Crippen LogP contribution in [-0.4, -0.2) is 6.54 Å². The molecule has 0 aliphatic heterocycles. The summed E-state index contributed by atoms with van der Waals surface area (Å²) in [6, 6.07) is 2.93. The van der Waals surface area contributed by atoms with E-state index in [4.69, 9.17) is 0 Å². The molecule has 0 saturated heterocycles. The Labute approximate surface area is 109 Å². The lowest BCUT2D eigenvalue weighted by atomic mass is 9.98. The van der Waals surface area contributed by atoms with Crippen LogP contribution in [0.15, 0.2) is 18.7 Å². The lowest BCUT2D eigenvalue weighted by Crippen LogP contribution is -2.20. The minimum atomic E-state index is 0.489. The van der Waals surface area contributed by atoms with Crippen LogP contribution in [0.5, 0.6) is 0 Å². The second-order valence-corrected chi connectivity index (χ2v) is 6.00. The van der Waals surface area contributed by atoms with E-state index in [-0.39, 0.29) is 0 Å². The Bertz CT molecular complexity index is 343. The zero-order chi connectivity index (χ0) is 12.1. The Morgan fingerprint density at radius 2 is 2.29 bits per heavy atom. The van der Waals surface area contributed by atoms with Crippen molar-refractivity contribution in [3.63, 3.8) is 0 Å². The van der Waals surface area contributed by atoms with Gasteiger partial charge in [0.05, 0.1) is 0 Å². The Balaban J connectivity index is 2.11. The first-order valence-corrected chi connectivity index (χ1v) is 7.62. The highest BCUT2D eigenvalue weighted by molar-refractivity contribution is 7.12. The second kappa shape index (κ2) is 6.36. The first kappa shape index (κ1) is 12.8. The summed E-state index contributed by atoms with van der Waals surface area (Å²) < 4.78 is 0. The summed E-state index contributed by atoms with van der Waals surface area (Å²) in [5.41, 5.74) is 1.61. The van der Waals surface area contributed by atoms with Crippen LogP contribution < -0.4 is 5.32 Å². The van der Waals surface area contributed by atoms with E-state index in [0.29, 0.717) is 6.04 Å². The van der Waals surface area contributed by atoms with Gasteiger partial charge < -0.3 is 5.32 Å². The molecule has 0 radical (unpaired) electrons. The molecule has 0 fully saturated rings. The van der Waals surface area contributed by atoms with Crippen LogP contribution in [0, 0.1) is 0 Å². The Morgan fingerprint density at radius 1 is 1.47 bits per heavy atom. The zero-order valence-corrected chi connectivity index (χ0v) is 11.6. The number of fused-ring (bicyclic) bond motifs is 1. The summed E-state index contributed by atoms with van der Waals surface area (Å²) in [5, 5.41) is 3.63. The number of aryl methyl sites for hydroxylation is 2. The third-order valence-electron chi connectivity index (χ3n) is 3.40. The average Bonchev–Trinajstić information content (AvgIpc) is 2.78. The van der Waals surface area contributed by atoms with Crippen LogP contribution in [0.3, 0.4) is 0 Å². The van der Waals surface area contributed by atoms with E-state index < -0.39 is 0 Å². The molecule has 0 spiro atoms. The molecular weight excluding hydrogens is 226 g/mol. The molecule has 1 unspecified atom stereocenters. The molecule has 0 saturated carbocycles. The maximum Gasteiger partial charge on any atom is 0.0449 e. The Hall–Kier alpha value is -0.600. The van der Waals surface area contributed by atoms with Crippen LogP contribution in [0.25, 0.3) is 0 Å². The van der Waals surface area contributed by atoms with Crippen molar-refractivity contribution in [3.05, 3.63) is 34.0 Å². The molecule has 17 heavy (non-hydrogen) atoms. The molecule has 2 heteroatoms. The molecule has 1 aliphatic carbocycles. The normalized spacial score (nSPS) is 16.5. The lowest BCUT2D eigenvalue weighted by molar-refractivity contribution is 0.544. The number of thiophene rings is 1. The van der Waals surface area contributed by atoms with E-state index in [1.165, 1.54) is 37.0 Å². The van der Waals surface area contributed by atoms with Crippen molar-refractivity contribution in [2.75, 3.05) is 6.54 Å². The van der Waals surface area contributed by atoms with Gasteiger partial charge in [0.1, 0.15) is 0 Å². The van der Waals surface area contributed by atoms with Gasteiger partial charge in [-0.3, -0.25) is 0 Å². The minimum Gasteiger partial charge on any atom is -0.309 e. The van der Waals surface area contributed by atoms with Crippen molar-refractivity contribution in [2.45, 2.75) is 51.5 Å². The molecule has 1 heterocycles. The summed E-state index contributed by atoms with van der Waals surface area (Å²) in [4.78, 5) is 3.16. The predicted octanol–water partition coefficient (Wildman–Crippen LogP) is 4.24. The standard InChI is InChI=1S/C15H23NS/c1-3-7-13(16-10-4-2)15-11-12-8-5-6-9-14(12)17-15/h3,11,13,16H,1,4-10H2,2H3. The molecule has 0 amide bonds. The Kier molecular flexibility index (Phi) is 4.81. The van der Waals surface area contributed by atoms with Crippen molar-refractivity contribution in [2.24, 2.45) is 0 Å². The van der Waals surface area contributed by atoms with E-state index >= 15 is 0 Å². The molecule has 1 atom stereocenters.